The molecule has 2 rings (SSSR count). The molecule has 0 unspecified atom stereocenters. The SMILES string of the molecule is O=C(Nc1nnc(CCl)s1)C1CC1. The number of nitrogens with zero attached hydrogens (tertiary/aromatic N) is 2. The lowest BCUT2D eigenvalue weighted by Gasteiger charge is -1.95. The number of aromatic nitrogens is 2. The topological polar surface area (TPSA) is 54.9 Å². The monoisotopic (exact) mass is 217 g/mol. The lowest BCUT2D eigenvalue weighted by Crippen LogP contribution is -2.12. The third-order valence-electron chi connectivity index (χ3n) is 1.76. The number of rotatable bonds is 3. The van der Waals surface area contributed by atoms with Crippen molar-refractivity contribution in [3.8, 4) is 0 Å². The molecule has 1 aromatic rings. The molecular weight excluding hydrogens is 210 g/mol. The number of anilines is 1. The molecule has 1 heterocycles. The second kappa shape index (κ2) is 3.59. The molecule has 1 saturated carbocycles. The summed E-state index contributed by atoms with van der Waals surface area (Å²) in [4.78, 5) is 11.3. The molecule has 13 heavy (non-hydrogen) atoms. The lowest BCUT2D eigenvalue weighted by atomic mass is 10.4. The summed E-state index contributed by atoms with van der Waals surface area (Å²) in [5, 5.41) is 11.6. The summed E-state index contributed by atoms with van der Waals surface area (Å²) >= 11 is 6.87. The van der Waals surface area contributed by atoms with E-state index in [0.717, 1.165) is 17.8 Å². The molecule has 1 fully saturated rings. The third-order valence-corrected chi connectivity index (χ3v) is 3.01. The zero-order valence-corrected chi connectivity index (χ0v) is 8.36. The molecule has 1 N–H and O–H groups in total. The van der Waals surface area contributed by atoms with Crippen LogP contribution in [-0.2, 0) is 10.7 Å². The van der Waals surface area contributed by atoms with Gasteiger partial charge in [0.05, 0.1) is 5.88 Å². The van der Waals surface area contributed by atoms with Gasteiger partial charge in [-0.1, -0.05) is 11.3 Å². The Labute approximate surface area is 84.3 Å². The van der Waals surface area contributed by atoms with Crippen LogP contribution in [0.4, 0.5) is 5.13 Å². The van der Waals surface area contributed by atoms with Crippen molar-refractivity contribution in [3.63, 3.8) is 0 Å². The van der Waals surface area contributed by atoms with Crippen molar-refractivity contribution in [2.75, 3.05) is 5.32 Å². The molecule has 0 atom stereocenters. The van der Waals surface area contributed by atoms with E-state index < -0.39 is 0 Å². The van der Waals surface area contributed by atoms with Crippen molar-refractivity contribution in [2.24, 2.45) is 5.92 Å². The predicted octanol–water partition coefficient (Wildman–Crippen LogP) is 1.63. The number of nitrogens with one attached hydrogen (secondary N) is 1. The van der Waals surface area contributed by atoms with E-state index >= 15 is 0 Å². The Morgan fingerprint density at radius 3 is 2.92 bits per heavy atom. The first-order valence-electron chi connectivity index (χ1n) is 3.99. The summed E-state index contributed by atoms with van der Waals surface area (Å²) in [6.07, 6.45) is 1.99. The van der Waals surface area contributed by atoms with E-state index in [1.54, 1.807) is 0 Å². The van der Waals surface area contributed by atoms with Crippen LogP contribution in [0, 0.1) is 5.92 Å². The number of hydrogen-bond acceptors (Lipinski definition) is 4. The van der Waals surface area contributed by atoms with Crippen LogP contribution >= 0.6 is 22.9 Å². The largest absolute Gasteiger partial charge is 0.300 e. The quantitative estimate of drug-likeness (QED) is 0.783. The van der Waals surface area contributed by atoms with Gasteiger partial charge in [0.2, 0.25) is 11.0 Å². The Morgan fingerprint density at radius 1 is 1.62 bits per heavy atom. The van der Waals surface area contributed by atoms with Gasteiger partial charge in [-0.15, -0.1) is 21.8 Å². The van der Waals surface area contributed by atoms with Gasteiger partial charge in [0.25, 0.3) is 0 Å². The third kappa shape index (κ3) is 2.16. The number of alkyl halides is 1. The van der Waals surface area contributed by atoms with Crippen molar-refractivity contribution >= 4 is 34.0 Å². The summed E-state index contributed by atoms with van der Waals surface area (Å²) in [5.74, 6) is 0.595. The van der Waals surface area contributed by atoms with Crippen LogP contribution in [0.5, 0.6) is 0 Å². The first kappa shape index (κ1) is 8.90. The van der Waals surface area contributed by atoms with E-state index in [9.17, 15) is 4.79 Å². The molecular formula is C7H8ClN3OS. The van der Waals surface area contributed by atoms with Crippen LogP contribution in [0.25, 0.3) is 0 Å². The Bertz CT molecular complexity index is 323. The molecule has 0 aromatic carbocycles. The fraction of sp³-hybridized carbons (Fsp3) is 0.571. The van der Waals surface area contributed by atoms with E-state index in [2.05, 4.69) is 15.5 Å². The van der Waals surface area contributed by atoms with Gasteiger partial charge in [-0.25, -0.2) is 0 Å². The zero-order valence-electron chi connectivity index (χ0n) is 6.79. The van der Waals surface area contributed by atoms with Crippen LogP contribution in [0.3, 0.4) is 0 Å². The molecule has 4 nitrogen and oxygen atoms in total. The van der Waals surface area contributed by atoms with Gasteiger partial charge < -0.3 is 5.32 Å². The molecule has 70 valence electrons. The molecule has 6 heteroatoms. The van der Waals surface area contributed by atoms with E-state index in [1.807, 2.05) is 0 Å². The minimum Gasteiger partial charge on any atom is -0.300 e. The fourth-order valence-corrected chi connectivity index (χ4v) is 1.72. The lowest BCUT2D eigenvalue weighted by molar-refractivity contribution is -0.117. The first-order chi connectivity index (χ1) is 6.29. The van der Waals surface area contributed by atoms with Gasteiger partial charge in [0, 0.05) is 5.92 Å². The van der Waals surface area contributed by atoms with Gasteiger partial charge >= 0.3 is 0 Å². The minimum atomic E-state index is 0.0530. The molecule has 1 aliphatic rings. The van der Waals surface area contributed by atoms with Crippen LogP contribution in [0.1, 0.15) is 17.8 Å². The predicted molar refractivity (Wildman–Crippen MR) is 50.8 cm³/mol. The Kier molecular flexibility index (Phi) is 2.46. The summed E-state index contributed by atoms with van der Waals surface area (Å²) in [6.45, 7) is 0. The molecule has 0 bridgehead atoms. The molecule has 0 radical (unpaired) electrons. The molecule has 0 saturated heterocycles. The van der Waals surface area contributed by atoms with Crippen molar-refractivity contribution in [2.45, 2.75) is 18.7 Å². The van der Waals surface area contributed by atoms with E-state index in [-0.39, 0.29) is 11.8 Å². The summed E-state index contributed by atoms with van der Waals surface area (Å²) in [7, 11) is 0. The second-order valence-electron chi connectivity index (χ2n) is 2.90. The maximum absolute atomic E-state index is 11.3. The van der Waals surface area contributed by atoms with Gasteiger partial charge in [0.1, 0.15) is 5.01 Å². The average Bonchev–Trinajstić information content (AvgIpc) is 2.88. The van der Waals surface area contributed by atoms with Crippen LogP contribution in [0.15, 0.2) is 0 Å². The van der Waals surface area contributed by atoms with E-state index in [4.69, 9.17) is 11.6 Å². The highest BCUT2D eigenvalue weighted by Gasteiger charge is 2.30. The number of halogens is 1. The van der Waals surface area contributed by atoms with Crippen molar-refractivity contribution in [1.82, 2.24) is 10.2 Å². The summed E-state index contributed by atoms with van der Waals surface area (Å²) < 4.78 is 0. The van der Waals surface area contributed by atoms with Gasteiger partial charge in [-0.2, -0.15) is 0 Å². The van der Waals surface area contributed by atoms with E-state index in [1.165, 1.54) is 11.3 Å². The summed E-state index contributed by atoms with van der Waals surface area (Å²) in [6, 6.07) is 0. The number of carbonyl (C=O) groups excluding carboxylic acids is 1. The zero-order chi connectivity index (χ0) is 9.26. The Morgan fingerprint density at radius 2 is 2.38 bits per heavy atom. The van der Waals surface area contributed by atoms with Gasteiger partial charge in [-0.05, 0) is 12.8 Å². The Balaban J connectivity index is 1.96. The second-order valence-corrected chi connectivity index (χ2v) is 4.23. The molecule has 0 aliphatic heterocycles. The normalized spacial score (nSPS) is 15.8. The maximum atomic E-state index is 11.3. The van der Waals surface area contributed by atoms with Gasteiger partial charge in [-0.3, -0.25) is 4.79 Å². The highest BCUT2D eigenvalue weighted by molar-refractivity contribution is 7.15. The highest BCUT2D eigenvalue weighted by Crippen LogP contribution is 2.30. The highest BCUT2D eigenvalue weighted by atomic mass is 35.5. The molecule has 1 aromatic heterocycles. The smallest absolute Gasteiger partial charge is 0.229 e. The fourth-order valence-electron chi connectivity index (χ4n) is 0.911. The molecule has 1 aliphatic carbocycles. The standard InChI is InChI=1S/C7H8ClN3OS/c8-3-5-10-11-7(13-5)9-6(12)4-1-2-4/h4H,1-3H2,(H,9,11,12). The number of carbonyl (C=O) groups is 1. The molecule has 1 amide bonds. The maximum Gasteiger partial charge on any atom is 0.229 e. The van der Waals surface area contributed by atoms with Crippen molar-refractivity contribution < 1.29 is 4.79 Å². The van der Waals surface area contributed by atoms with Crippen LogP contribution in [-0.4, -0.2) is 16.1 Å². The van der Waals surface area contributed by atoms with E-state index in [0.29, 0.717) is 11.0 Å². The van der Waals surface area contributed by atoms with Crippen molar-refractivity contribution in [1.29, 1.82) is 0 Å². The van der Waals surface area contributed by atoms with Crippen LogP contribution < -0.4 is 5.32 Å². The van der Waals surface area contributed by atoms with Crippen LogP contribution in [0.2, 0.25) is 0 Å². The minimum absolute atomic E-state index is 0.0530. The number of hydrogen-bond donors (Lipinski definition) is 1. The first-order valence-corrected chi connectivity index (χ1v) is 5.34. The van der Waals surface area contributed by atoms with Gasteiger partial charge in [0.15, 0.2) is 0 Å². The number of amides is 1. The Hall–Kier alpha value is -0.680. The van der Waals surface area contributed by atoms with Crippen molar-refractivity contribution in [3.05, 3.63) is 5.01 Å². The average molecular weight is 218 g/mol. The molecule has 0 spiro atoms. The summed E-state index contributed by atoms with van der Waals surface area (Å²) in [5.41, 5.74) is 0.